The van der Waals surface area contributed by atoms with Crippen molar-refractivity contribution in [1.82, 2.24) is 0 Å². The highest BCUT2D eigenvalue weighted by Crippen LogP contribution is 2.40. The molecule has 1 unspecified atom stereocenters. The molecule has 0 saturated carbocycles. The number of hydrogen-bond donors (Lipinski definition) is 4. The molecule has 180 valence electrons. The average Bonchev–Trinajstić information content (AvgIpc) is 2.63. The topological polar surface area (TPSA) is 160 Å². The Hall–Kier alpha value is -0.310. The molecule has 0 bridgehead atoms. The van der Waals surface area contributed by atoms with Crippen molar-refractivity contribution in [3.8, 4) is 0 Å². The van der Waals surface area contributed by atoms with Crippen LogP contribution in [0.1, 0.15) is 90.4 Å². The maximum Gasteiger partial charge on any atom is 0.470 e. The molecule has 0 aromatic carbocycles. The second-order valence-electron chi connectivity index (χ2n) is 7.33. The summed E-state index contributed by atoms with van der Waals surface area (Å²) < 4.78 is 34.9. The number of hydrogen-bond acceptors (Lipinski definition) is 6. The first-order valence-corrected chi connectivity index (χ1v) is 13.7. The monoisotopic (exact) mass is 476 g/mol. The van der Waals surface area contributed by atoms with Gasteiger partial charge in [-0.15, -0.1) is 0 Å². The van der Waals surface area contributed by atoms with Gasteiger partial charge in [-0.1, -0.05) is 77.6 Å². The van der Waals surface area contributed by atoms with E-state index in [0.29, 0.717) is 6.42 Å². The molecule has 30 heavy (non-hydrogen) atoms. The zero-order chi connectivity index (χ0) is 22.9. The molecule has 0 fully saturated rings. The summed E-state index contributed by atoms with van der Waals surface area (Å²) in [7, 11) is -9.79. The molecule has 12 heteroatoms. The minimum absolute atomic E-state index is 0.152. The minimum Gasteiger partial charge on any atom is -0.463 e. The van der Waals surface area contributed by atoms with E-state index in [2.05, 4.69) is 16.0 Å². The van der Waals surface area contributed by atoms with Gasteiger partial charge in [-0.2, -0.15) is 0 Å². The van der Waals surface area contributed by atoms with Crippen LogP contribution in [0.15, 0.2) is 0 Å². The summed E-state index contributed by atoms with van der Waals surface area (Å²) in [6.07, 6.45) is 12.6. The van der Waals surface area contributed by atoms with Gasteiger partial charge in [0.25, 0.3) is 0 Å². The number of carbonyl (C=O) groups is 1. The van der Waals surface area contributed by atoms with Crippen LogP contribution < -0.4 is 0 Å². The molecule has 0 aliphatic carbocycles. The molecule has 10 nitrogen and oxygen atoms in total. The van der Waals surface area contributed by atoms with E-state index in [-0.39, 0.29) is 6.42 Å². The molecule has 0 aliphatic rings. The van der Waals surface area contributed by atoms with Gasteiger partial charge in [0, 0.05) is 6.42 Å². The molecular formula is C18H38O10P2. The smallest absolute Gasteiger partial charge is 0.463 e. The van der Waals surface area contributed by atoms with Crippen molar-refractivity contribution in [2.24, 2.45) is 0 Å². The molecule has 0 aromatic rings. The molecule has 4 N–H and O–H groups in total. The Balaban J connectivity index is 3.80. The van der Waals surface area contributed by atoms with Gasteiger partial charge in [0.15, 0.2) is 0 Å². The lowest BCUT2D eigenvalue weighted by atomic mass is 10.0. The first-order chi connectivity index (χ1) is 14.0. The highest BCUT2D eigenvalue weighted by Gasteiger charge is 2.27. The molecule has 0 radical (unpaired) electrons. The number of unbranched alkanes of at least 4 members (excludes halogenated alkanes) is 11. The van der Waals surface area contributed by atoms with Gasteiger partial charge in [-0.25, -0.2) is 9.13 Å². The lowest BCUT2D eigenvalue weighted by Crippen LogP contribution is -2.26. The molecule has 0 saturated heterocycles. The third-order valence-electron chi connectivity index (χ3n) is 4.38. The van der Waals surface area contributed by atoms with Crippen LogP contribution in [0.25, 0.3) is 0 Å². The van der Waals surface area contributed by atoms with Gasteiger partial charge >= 0.3 is 21.6 Å². The summed E-state index contributed by atoms with van der Waals surface area (Å²) in [4.78, 5) is 46.7. The number of esters is 1. The normalized spacial score (nSPS) is 13.4. The van der Waals surface area contributed by atoms with Gasteiger partial charge in [-0.3, -0.25) is 13.8 Å². The highest BCUT2D eigenvalue weighted by atomic mass is 31.2. The van der Waals surface area contributed by atoms with Crippen molar-refractivity contribution in [2.75, 3.05) is 13.2 Å². The van der Waals surface area contributed by atoms with Gasteiger partial charge in [-0.05, 0) is 6.42 Å². The second-order valence-corrected chi connectivity index (χ2v) is 9.76. The Kier molecular flexibility index (Phi) is 17.1. The SMILES string of the molecule is CCCCCCCCCCCCCCC(=O)OCC(COP(=O)(O)O)OP(=O)(O)O. The van der Waals surface area contributed by atoms with Gasteiger partial charge in [0.05, 0.1) is 6.61 Å². The Labute approximate surface area is 179 Å². The van der Waals surface area contributed by atoms with Gasteiger partial charge in [0.1, 0.15) is 12.7 Å². The van der Waals surface area contributed by atoms with Crippen LogP contribution in [-0.4, -0.2) is 44.9 Å². The van der Waals surface area contributed by atoms with E-state index in [4.69, 9.17) is 24.3 Å². The van der Waals surface area contributed by atoms with Crippen LogP contribution in [0.2, 0.25) is 0 Å². The summed E-state index contributed by atoms with van der Waals surface area (Å²) in [5, 5.41) is 0. The fourth-order valence-electron chi connectivity index (χ4n) is 2.85. The van der Waals surface area contributed by atoms with E-state index in [0.717, 1.165) is 19.3 Å². The van der Waals surface area contributed by atoms with E-state index in [1.807, 2.05) is 0 Å². The molecule has 0 aliphatic heterocycles. The number of ether oxygens (including phenoxy) is 1. The molecule has 0 spiro atoms. The molecule has 1 atom stereocenters. The van der Waals surface area contributed by atoms with E-state index in [1.165, 1.54) is 51.4 Å². The van der Waals surface area contributed by atoms with Crippen molar-refractivity contribution in [3.63, 3.8) is 0 Å². The first-order valence-electron chi connectivity index (χ1n) is 10.6. The van der Waals surface area contributed by atoms with E-state index in [9.17, 15) is 13.9 Å². The molecule has 0 amide bonds. The van der Waals surface area contributed by atoms with E-state index in [1.54, 1.807) is 0 Å². The predicted octanol–water partition coefficient (Wildman–Crippen LogP) is 4.21. The van der Waals surface area contributed by atoms with Crippen LogP contribution in [0.3, 0.4) is 0 Å². The molecule has 0 rings (SSSR count). The van der Waals surface area contributed by atoms with E-state index >= 15 is 0 Å². The maximum absolute atomic E-state index is 11.7. The lowest BCUT2D eigenvalue weighted by molar-refractivity contribution is -0.147. The Morgan fingerprint density at radius 3 is 1.63 bits per heavy atom. The summed E-state index contributed by atoms with van der Waals surface area (Å²) in [5.74, 6) is -0.572. The van der Waals surface area contributed by atoms with Crippen molar-refractivity contribution in [1.29, 1.82) is 0 Å². The minimum atomic E-state index is -4.94. The van der Waals surface area contributed by atoms with Crippen LogP contribution in [-0.2, 0) is 27.7 Å². The van der Waals surface area contributed by atoms with Crippen LogP contribution in [0, 0.1) is 0 Å². The third-order valence-corrected chi connectivity index (χ3v) is 5.44. The van der Waals surface area contributed by atoms with Gasteiger partial charge in [0.2, 0.25) is 0 Å². The van der Waals surface area contributed by atoms with Crippen LogP contribution >= 0.6 is 15.6 Å². The summed E-state index contributed by atoms with van der Waals surface area (Å²) >= 11 is 0. The predicted molar refractivity (Wildman–Crippen MR) is 112 cm³/mol. The second kappa shape index (κ2) is 17.3. The summed E-state index contributed by atoms with van der Waals surface area (Å²) in [6, 6.07) is 0. The lowest BCUT2D eigenvalue weighted by Gasteiger charge is -2.18. The quantitative estimate of drug-likeness (QED) is 0.114. The summed E-state index contributed by atoms with van der Waals surface area (Å²) in [5.41, 5.74) is 0. The standard InChI is InChI=1S/C18H38O10P2/c1-2-3-4-5-6-7-8-9-10-11-12-13-14-18(19)26-15-17(28-30(23,24)25)16-27-29(20,21)22/h17H,2-16H2,1H3,(H2,20,21,22)(H2,23,24,25). The fraction of sp³-hybridized carbons (Fsp3) is 0.944. The molecular weight excluding hydrogens is 438 g/mol. The number of phosphoric ester groups is 2. The number of rotatable bonds is 20. The van der Waals surface area contributed by atoms with Crippen LogP contribution in [0.4, 0.5) is 0 Å². The highest BCUT2D eigenvalue weighted by molar-refractivity contribution is 7.46. The van der Waals surface area contributed by atoms with Gasteiger partial charge < -0.3 is 24.3 Å². The van der Waals surface area contributed by atoms with E-state index < -0.39 is 40.9 Å². The maximum atomic E-state index is 11.7. The zero-order valence-electron chi connectivity index (χ0n) is 17.8. The van der Waals surface area contributed by atoms with Crippen molar-refractivity contribution < 1.29 is 47.3 Å². The van der Waals surface area contributed by atoms with Crippen molar-refractivity contribution >= 4 is 21.6 Å². The Bertz CT molecular complexity index is 531. The largest absolute Gasteiger partial charge is 0.470 e. The first kappa shape index (κ1) is 29.7. The Morgan fingerprint density at radius 2 is 1.20 bits per heavy atom. The third kappa shape index (κ3) is 22.4. The van der Waals surface area contributed by atoms with Crippen LogP contribution in [0.5, 0.6) is 0 Å². The number of carbonyl (C=O) groups excluding carboxylic acids is 1. The molecule has 0 heterocycles. The number of phosphoric acid groups is 2. The van der Waals surface area contributed by atoms with Crippen molar-refractivity contribution in [3.05, 3.63) is 0 Å². The Morgan fingerprint density at radius 1 is 0.733 bits per heavy atom. The summed E-state index contributed by atoms with van der Waals surface area (Å²) in [6.45, 7) is 0.797. The average molecular weight is 476 g/mol. The molecule has 0 aromatic heterocycles. The zero-order valence-corrected chi connectivity index (χ0v) is 19.6. The van der Waals surface area contributed by atoms with Crippen molar-refractivity contribution in [2.45, 2.75) is 96.5 Å². The fourth-order valence-corrected chi connectivity index (χ4v) is 3.72.